The molecule has 0 atom stereocenters. The van der Waals surface area contributed by atoms with Crippen LogP contribution in [0.5, 0.6) is 0 Å². The maximum atomic E-state index is 12.7. The topological polar surface area (TPSA) is 64.0 Å². The molecule has 0 spiro atoms. The first-order valence-corrected chi connectivity index (χ1v) is 9.23. The van der Waals surface area contributed by atoms with Gasteiger partial charge in [-0.15, -0.1) is 0 Å². The molecule has 5 nitrogen and oxygen atoms in total. The lowest BCUT2D eigenvalue weighted by atomic mass is 9.92. The Hall–Kier alpha value is -1.66. The van der Waals surface area contributed by atoms with Crippen LogP contribution in [0.4, 0.5) is 0 Å². The number of sulfonamides is 1. The summed E-state index contributed by atoms with van der Waals surface area (Å²) < 4.78 is 29.9. The van der Waals surface area contributed by atoms with E-state index in [1.807, 2.05) is 65.0 Å². The van der Waals surface area contributed by atoms with Gasteiger partial charge in [-0.1, -0.05) is 51.1 Å². The lowest BCUT2D eigenvalue weighted by Gasteiger charge is -2.17. The monoisotopic (exact) mass is 335 g/mol. The molecule has 1 N–H and O–H groups in total. The van der Waals surface area contributed by atoms with Gasteiger partial charge in [-0.25, -0.2) is 13.1 Å². The molecule has 1 heterocycles. The number of hydrogen-bond acceptors (Lipinski definition) is 3. The molecule has 23 heavy (non-hydrogen) atoms. The van der Waals surface area contributed by atoms with Crippen LogP contribution in [0.2, 0.25) is 0 Å². The maximum absolute atomic E-state index is 12.7. The molecule has 0 aliphatic rings. The van der Waals surface area contributed by atoms with E-state index in [0.29, 0.717) is 5.69 Å². The molecular weight excluding hydrogens is 310 g/mol. The minimum atomic E-state index is -3.62. The molecule has 0 fully saturated rings. The zero-order chi connectivity index (χ0) is 17.3. The Morgan fingerprint density at radius 1 is 1.17 bits per heavy atom. The van der Waals surface area contributed by atoms with Crippen LogP contribution in [0, 0.1) is 0 Å². The van der Waals surface area contributed by atoms with E-state index < -0.39 is 10.0 Å². The van der Waals surface area contributed by atoms with Gasteiger partial charge in [0.25, 0.3) is 0 Å². The summed E-state index contributed by atoms with van der Waals surface area (Å²) in [4.78, 5) is 0.259. The first-order valence-electron chi connectivity index (χ1n) is 7.74. The fraction of sp³-hybridized carbons (Fsp3) is 0.471. The van der Waals surface area contributed by atoms with Crippen molar-refractivity contribution in [3.05, 3.63) is 47.8 Å². The van der Waals surface area contributed by atoms with E-state index in [-0.39, 0.29) is 22.9 Å². The average Bonchev–Trinajstić information content (AvgIpc) is 2.93. The molecule has 126 valence electrons. The first-order chi connectivity index (χ1) is 10.6. The lowest BCUT2D eigenvalue weighted by Crippen LogP contribution is -2.26. The summed E-state index contributed by atoms with van der Waals surface area (Å²) in [7, 11) is -3.62. The Morgan fingerprint density at radius 3 is 2.30 bits per heavy atom. The van der Waals surface area contributed by atoms with Crippen molar-refractivity contribution in [3.8, 4) is 0 Å². The molecule has 0 saturated carbocycles. The molecule has 1 aromatic heterocycles. The van der Waals surface area contributed by atoms with Gasteiger partial charge in [0.2, 0.25) is 10.0 Å². The summed E-state index contributed by atoms with van der Waals surface area (Å²) in [6.07, 6.45) is 1.62. The van der Waals surface area contributed by atoms with Crippen LogP contribution in [0.1, 0.15) is 51.9 Å². The Morgan fingerprint density at radius 2 is 1.78 bits per heavy atom. The van der Waals surface area contributed by atoms with Crippen LogP contribution < -0.4 is 4.72 Å². The van der Waals surface area contributed by atoms with Gasteiger partial charge < -0.3 is 0 Å². The van der Waals surface area contributed by atoms with Crippen LogP contribution in [-0.2, 0) is 22.0 Å². The molecule has 1 aromatic carbocycles. The third-order valence-electron chi connectivity index (χ3n) is 3.54. The number of hydrogen-bond donors (Lipinski definition) is 1. The maximum Gasteiger partial charge on any atom is 0.244 e. The molecule has 0 unspecified atom stereocenters. The Labute approximate surface area is 138 Å². The standard InChI is InChI=1S/C17H25N3O2S/c1-13(2)20-12-15(16(19-20)17(3,4)5)23(21,22)18-11-14-9-7-6-8-10-14/h6-10,12-13,18H,11H2,1-5H3. The van der Waals surface area contributed by atoms with Gasteiger partial charge in [-0.3, -0.25) is 4.68 Å². The second-order valence-corrected chi connectivity index (χ2v) is 8.71. The zero-order valence-corrected chi connectivity index (χ0v) is 15.2. The highest BCUT2D eigenvalue weighted by atomic mass is 32.2. The smallest absolute Gasteiger partial charge is 0.244 e. The summed E-state index contributed by atoms with van der Waals surface area (Å²) in [5, 5.41) is 4.50. The molecule has 0 bridgehead atoms. The van der Waals surface area contributed by atoms with Gasteiger partial charge >= 0.3 is 0 Å². The van der Waals surface area contributed by atoms with Crippen molar-refractivity contribution in [3.63, 3.8) is 0 Å². The summed E-state index contributed by atoms with van der Waals surface area (Å²) in [5.74, 6) is 0. The highest BCUT2D eigenvalue weighted by Gasteiger charge is 2.30. The molecule has 0 saturated heterocycles. The number of nitrogens with zero attached hydrogens (tertiary/aromatic N) is 2. The largest absolute Gasteiger partial charge is 0.269 e. The molecule has 0 amide bonds. The van der Waals surface area contributed by atoms with Gasteiger partial charge in [-0.2, -0.15) is 5.10 Å². The average molecular weight is 335 g/mol. The summed E-state index contributed by atoms with van der Waals surface area (Å²) in [6, 6.07) is 9.58. The molecule has 2 rings (SSSR count). The van der Waals surface area contributed by atoms with E-state index in [1.165, 1.54) is 0 Å². The van der Waals surface area contributed by atoms with E-state index in [2.05, 4.69) is 9.82 Å². The number of nitrogens with one attached hydrogen (secondary N) is 1. The molecule has 0 aliphatic carbocycles. The van der Waals surface area contributed by atoms with Crippen molar-refractivity contribution in [2.45, 2.75) is 57.5 Å². The summed E-state index contributed by atoms with van der Waals surface area (Å²) in [6.45, 7) is 10.1. The number of aromatic nitrogens is 2. The summed E-state index contributed by atoms with van der Waals surface area (Å²) >= 11 is 0. The van der Waals surface area contributed by atoms with Gasteiger partial charge in [0.15, 0.2) is 0 Å². The Balaban J connectivity index is 2.35. The minimum Gasteiger partial charge on any atom is -0.269 e. The SMILES string of the molecule is CC(C)n1cc(S(=O)(=O)NCc2ccccc2)c(C(C)(C)C)n1. The fourth-order valence-electron chi connectivity index (χ4n) is 2.21. The van der Waals surface area contributed by atoms with E-state index in [9.17, 15) is 8.42 Å². The Bertz CT molecular complexity index is 757. The van der Waals surface area contributed by atoms with Crippen molar-refractivity contribution in [1.82, 2.24) is 14.5 Å². The van der Waals surface area contributed by atoms with Crippen LogP contribution in [0.25, 0.3) is 0 Å². The molecule has 2 aromatic rings. The zero-order valence-electron chi connectivity index (χ0n) is 14.4. The third-order valence-corrected chi connectivity index (χ3v) is 4.94. The summed E-state index contributed by atoms with van der Waals surface area (Å²) in [5.41, 5.74) is 1.16. The lowest BCUT2D eigenvalue weighted by molar-refractivity contribution is 0.493. The van der Waals surface area contributed by atoms with Gasteiger partial charge in [0.1, 0.15) is 4.90 Å². The highest BCUT2D eigenvalue weighted by Crippen LogP contribution is 2.28. The van der Waals surface area contributed by atoms with Gasteiger partial charge in [0.05, 0.1) is 5.69 Å². The van der Waals surface area contributed by atoms with Gasteiger partial charge in [0, 0.05) is 24.2 Å². The van der Waals surface area contributed by atoms with Crippen LogP contribution in [0.3, 0.4) is 0 Å². The number of benzene rings is 1. The molecule has 6 heteroatoms. The fourth-order valence-corrected chi connectivity index (χ4v) is 3.57. The van der Waals surface area contributed by atoms with Crippen LogP contribution >= 0.6 is 0 Å². The highest BCUT2D eigenvalue weighted by molar-refractivity contribution is 7.89. The van der Waals surface area contributed by atoms with Crippen molar-refractivity contribution < 1.29 is 8.42 Å². The van der Waals surface area contributed by atoms with Crippen LogP contribution in [-0.4, -0.2) is 18.2 Å². The molecule has 0 aliphatic heterocycles. The third kappa shape index (κ3) is 4.20. The van der Waals surface area contributed by atoms with Crippen molar-refractivity contribution in [2.75, 3.05) is 0 Å². The van der Waals surface area contributed by atoms with E-state index in [1.54, 1.807) is 10.9 Å². The van der Waals surface area contributed by atoms with Crippen molar-refractivity contribution in [2.24, 2.45) is 0 Å². The number of rotatable bonds is 5. The Kier molecular flexibility index (Phi) is 4.96. The van der Waals surface area contributed by atoms with E-state index >= 15 is 0 Å². The predicted molar refractivity (Wildman–Crippen MR) is 91.8 cm³/mol. The second-order valence-electron chi connectivity index (χ2n) is 6.98. The van der Waals surface area contributed by atoms with E-state index in [0.717, 1.165) is 5.56 Å². The van der Waals surface area contributed by atoms with Crippen LogP contribution in [0.15, 0.2) is 41.4 Å². The quantitative estimate of drug-likeness (QED) is 0.912. The minimum absolute atomic E-state index is 0.106. The first kappa shape index (κ1) is 17.7. The molecule has 0 radical (unpaired) electrons. The normalized spacial score (nSPS) is 12.8. The predicted octanol–water partition coefficient (Wildman–Crippen LogP) is 3.24. The van der Waals surface area contributed by atoms with Crippen molar-refractivity contribution in [1.29, 1.82) is 0 Å². The molecular formula is C17H25N3O2S. The van der Waals surface area contributed by atoms with E-state index in [4.69, 9.17) is 0 Å². The second kappa shape index (κ2) is 6.45. The van der Waals surface area contributed by atoms with Crippen molar-refractivity contribution >= 4 is 10.0 Å². The van der Waals surface area contributed by atoms with Gasteiger partial charge in [-0.05, 0) is 19.4 Å².